The maximum absolute atomic E-state index is 8.41. The zero-order valence-corrected chi connectivity index (χ0v) is 6.30. The fourth-order valence-electron chi connectivity index (χ4n) is 0.926. The zero-order valence-electron chi connectivity index (χ0n) is 6.30. The average Bonchev–Trinajstić information content (AvgIpc) is 1.88. The summed E-state index contributed by atoms with van der Waals surface area (Å²) in [5, 5.41) is 8.41. The van der Waals surface area contributed by atoms with Crippen molar-refractivity contribution in [2.24, 2.45) is 0 Å². The van der Waals surface area contributed by atoms with Crippen LogP contribution in [-0.4, -0.2) is 11.2 Å². The van der Waals surface area contributed by atoms with E-state index in [1.165, 1.54) is 0 Å². The van der Waals surface area contributed by atoms with Crippen molar-refractivity contribution in [3.8, 4) is 0 Å². The van der Waals surface area contributed by atoms with E-state index in [4.69, 9.17) is 5.21 Å². The molecule has 0 atom stereocenters. The van der Waals surface area contributed by atoms with Gasteiger partial charge in [0.05, 0.1) is 6.04 Å². The van der Waals surface area contributed by atoms with Gasteiger partial charge in [0.2, 0.25) is 0 Å². The van der Waals surface area contributed by atoms with Gasteiger partial charge in [0.25, 0.3) is 0 Å². The summed E-state index contributed by atoms with van der Waals surface area (Å²) in [6.07, 6.45) is 4.25. The smallest absolute Gasteiger partial charge is 0.0535 e. The van der Waals surface area contributed by atoms with E-state index in [2.05, 4.69) is 19.3 Å². The fourth-order valence-corrected chi connectivity index (χ4v) is 0.926. The second-order valence-corrected chi connectivity index (χ2v) is 2.35. The molecule has 0 aromatic carbocycles. The Balaban J connectivity index is 3.18. The minimum absolute atomic E-state index is 0.194. The molecule has 0 saturated carbocycles. The van der Waals surface area contributed by atoms with Gasteiger partial charge in [0.15, 0.2) is 0 Å². The summed E-state index contributed by atoms with van der Waals surface area (Å²) in [4.78, 5) is 0. The molecule has 0 aliphatic heterocycles. The Hall–Kier alpha value is -0.0800. The minimum atomic E-state index is 0.194. The molecule has 9 heavy (non-hydrogen) atoms. The van der Waals surface area contributed by atoms with E-state index < -0.39 is 0 Å². The van der Waals surface area contributed by atoms with Crippen molar-refractivity contribution in [2.45, 2.75) is 45.6 Å². The molecule has 0 aromatic heterocycles. The van der Waals surface area contributed by atoms with Crippen LogP contribution in [0.5, 0.6) is 0 Å². The molecule has 2 nitrogen and oxygen atoms in total. The summed E-state index contributed by atoms with van der Waals surface area (Å²) in [5.74, 6) is 0. The van der Waals surface area contributed by atoms with Crippen molar-refractivity contribution >= 4 is 0 Å². The van der Waals surface area contributed by atoms with Gasteiger partial charge in [-0.15, -0.1) is 0 Å². The zero-order chi connectivity index (χ0) is 7.11. The Morgan fingerprint density at radius 2 is 1.67 bits per heavy atom. The third-order valence-corrected chi connectivity index (χ3v) is 1.41. The summed E-state index contributed by atoms with van der Waals surface area (Å²) in [6.45, 7) is 4.21. The molecule has 0 spiro atoms. The van der Waals surface area contributed by atoms with Crippen LogP contribution < -0.4 is 5.48 Å². The lowest BCUT2D eigenvalue weighted by atomic mass is 10.1. The number of hydroxylamine groups is 1. The predicted octanol–water partition coefficient (Wildman–Crippen LogP) is 1.95. The third-order valence-electron chi connectivity index (χ3n) is 1.41. The van der Waals surface area contributed by atoms with Crippen LogP contribution in [0, 0.1) is 0 Å². The molecule has 2 heteroatoms. The van der Waals surface area contributed by atoms with Crippen molar-refractivity contribution in [2.75, 3.05) is 0 Å². The molecule has 55 valence electrons. The van der Waals surface area contributed by atoms with Gasteiger partial charge < -0.3 is 0 Å². The van der Waals surface area contributed by atoms with Crippen molar-refractivity contribution in [3.63, 3.8) is 0 Å². The van der Waals surface area contributed by atoms with Crippen LogP contribution in [0.3, 0.4) is 0 Å². The normalized spacial score (nSPS) is 10.7. The molecular formula is C7H16NO. The Morgan fingerprint density at radius 1 is 1.22 bits per heavy atom. The molecule has 1 radical (unpaired) electrons. The first kappa shape index (κ1) is 8.92. The highest BCUT2D eigenvalue weighted by Crippen LogP contribution is 2.03. The number of hydrogen-bond acceptors (Lipinski definition) is 1. The van der Waals surface area contributed by atoms with E-state index >= 15 is 0 Å². The van der Waals surface area contributed by atoms with E-state index in [0.717, 1.165) is 25.7 Å². The minimum Gasteiger partial charge on any atom is -0.297 e. The number of rotatable bonds is 5. The summed E-state index contributed by atoms with van der Waals surface area (Å²) in [5.41, 5.74) is 3.27. The van der Waals surface area contributed by atoms with Gasteiger partial charge in [-0.1, -0.05) is 32.2 Å². The van der Waals surface area contributed by atoms with Gasteiger partial charge in [-0.2, -0.15) is 0 Å². The Labute approximate surface area is 57.2 Å². The maximum Gasteiger partial charge on any atom is 0.0535 e. The lowest BCUT2D eigenvalue weighted by molar-refractivity contribution is 0.106. The van der Waals surface area contributed by atoms with E-state index in [0.29, 0.717) is 0 Å². The van der Waals surface area contributed by atoms with Crippen LogP contribution in [0.25, 0.3) is 0 Å². The summed E-state index contributed by atoms with van der Waals surface area (Å²) in [6, 6.07) is 0.194. The van der Waals surface area contributed by atoms with Crippen molar-refractivity contribution in [3.05, 3.63) is 0 Å². The van der Waals surface area contributed by atoms with Gasteiger partial charge >= 0.3 is 0 Å². The molecule has 0 amide bonds. The first-order chi connectivity index (χ1) is 4.35. The molecule has 0 rings (SSSR count). The highest BCUT2D eigenvalue weighted by Gasteiger charge is 2.03. The van der Waals surface area contributed by atoms with Crippen molar-refractivity contribution in [1.82, 2.24) is 5.48 Å². The van der Waals surface area contributed by atoms with E-state index in [9.17, 15) is 0 Å². The van der Waals surface area contributed by atoms with Gasteiger partial charge in [-0.05, 0) is 12.8 Å². The molecule has 0 heterocycles. The summed E-state index contributed by atoms with van der Waals surface area (Å²) < 4.78 is 0. The SMILES string of the molecule is CCCC(CCC)[N]O. The first-order valence-electron chi connectivity index (χ1n) is 3.69. The lowest BCUT2D eigenvalue weighted by Gasteiger charge is -2.08. The van der Waals surface area contributed by atoms with Gasteiger partial charge in [0.1, 0.15) is 0 Å². The first-order valence-corrected chi connectivity index (χ1v) is 3.69. The molecular weight excluding hydrogens is 114 g/mol. The highest BCUT2D eigenvalue weighted by molar-refractivity contribution is 4.58. The molecule has 0 aromatic rings. The predicted molar refractivity (Wildman–Crippen MR) is 37.5 cm³/mol. The van der Waals surface area contributed by atoms with Crippen LogP contribution in [-0.2, 0) is 0 Å². The maximum atomic E-state index is 8.41. The van der Waals surface area contributed by atoms with Crippen LogP contribution >= 0.6 is 0 Å². The molecule has 0 fully saturated rings. The van der Waals surface area contributed by atoms with Gasteiger partial charge in [0, 0.05) is 0 Å². The quantitative estimate of drug-likeness (QED) is 0.567. The Kier molecular flexibility index (Phi) is 5.99. The van der Waals surface area contributed by atoms with E-state index in [-0.39, 0.29) is 6.04 Å². The standard InChI is InChI=1S/C7H16NO/c1-3-5-7(8-9)6-4-2/h7,9H,3-6H2,1-2H3. The fraction of sp³-hybridized carbons (Fsp3) is 1.00. The highest BCUT2D eigenvalue weighted by atomic mass is 16.5. The Morgan fingerprint density at radius 3 is 1.89 bits per heavy atom. The monoisotopic (exact) mass is 130 g/mol. The average molecular weight is 130 g/mol. The van der Waals surface area contributed by atoms with Crippen LogP contribution in [0.2, 0.25) is 0 Å². The van der Waals surface area contributed by atoms with Crippen LogP contribution in [0.4, 0.5) is 0 Å². The Bertz CT molecular complexity index is 50.9. The molecule has 0 bridgehead atoms. The molecule has 0 aliphatic carbocycles. The van der Waals surface area contributed by atoms with Crippen molar-refractivity contribution < 1.29 is 5.21 Å². The van der Waals surface area contributed by atoms with Crippen molar-refractivity contribution in [1.29, 1.82) is 0 Å². The molecule has 1 N–H and O–H groups in total. The third kappa shape index (κ3) is 4.43. The number of nitrogens with zero attached hydrogens (tertiary/aromatic N) is 1. The van der Waals surface area contributed by atoms with Crippen LogP contribution in [0.1, 0.15) is 39.5 Å². The van der Waals surface area contributed by atoms with E-state index in [1.54, 1.807) is 0 Å². The van der Waals surface area contributed by atoms with Crippen LogP contribution in [0.15, 0.2) is 0 Å². The second kappa shape index (κ2) is 6.05. The lowest BCUT2D eigenvalue weighted by Crippen LogP contribution is -2.18. The van der Waals surface area contributed by atoms with Gasteiger partial charge in [-0.3, -0.25) is 5.21 Å². The molecule has 0 saturated heterocycles. The summed E-state index contributed by atoms with van der Waals surface area (Å²) in [7, 11) is 0. The topological polar surface area (TPSA) is 34.3 Å². The molecule has 0 aliphatic rings. The number of hydrogen-bond donors (Lipinski definition) is 1. The summed E-state index contributed by atoms with van der Waals surface area (Å²) >= 11 is 0. The van der Waals surface area contributed by atoms with Gasteiger partial charge in [-0.25, -0.2) is 0 Å². The largest absolute Gasteiger partial charge is 0.297 e. The van der Waals surface area contributed by atoms with E-state index in [1.807, 2.05) is 0 Å². The molecule has 0 unspecified atom stereocenters. The second-order valence-electron chi connectivity index (χ2n) is 2.35.